The number of halogens is 6. The number of hydrogen-bond donors (Lipinski definition) is 1. The lowest BCUT2D eigenvalue weighted by atomic mass is 10.0. The molecule has 0 unspecified atom stereocenters. The number of nitrogens with two attached hydrogens (primary N) is 1. The van der Waals surface area contributed by atoms with E-state index in [9.17, 15) is 22.0 Å². The third kappa shape index (κ3) is 2.44. The van der Waals surface area contributed by atoms with Crippen molar-refractivity contribution in [2.75, 3.05) is 6.54 Å². The van der Waals surface area contributed by atoms with E-state index in [1.165, 1.54) is 0 Å². The van der Waals surface area contributed by atoms with Crippen LogP contribution >= 0.6 is 11.6 Å². The summed E-state index contributed by atoms with van der Waals surface area (Å²) in [7, 11) is 0. The van der Waals surface area contributed by atoms with Crippen molar-refractivity contribution in [3.63, 3.8) is 0 Å². The van der Waals surface area contributed by atoms with Crippen LogP contribution in [0.1, 0.15) is 11.1 Å². The third-order valence-electron chi connectivity index (χ3n) is 1.94. The third-order valence-corrected chi connectivity index (χ3v) is 2.26. The summed E-state index contributed by atoms with van der Waals surface area (Å²) in [6, 6.07) is 2.47. The molecule has 2 N–H and O–H groups in total. The summed E-state index contributed by atoms with van der Waals surface area (Å²) in [5.74, 6) is -3.80. The molecule has 0 atom stereocenters. The van der Waals surface area contributed by atoms with E-state index in [4.69, 9.17) is 17.3 Å². The van der Waals surface area contributed by atoms with Crippen molar-refractivity contribution in [2.24, 2.45) is 5.73 Å². The maximum Gasteiger partial charge on any atom is 0.416 e. The van der Waals surface area contributed by atoms with Crippen molar-refractivity contribution in [3.8, 4) is 0 Å². The Morgan fingerprint density at radius 3 is 2.12 bits per heavy atom. The molecule has 0 bridgehead atoms. The van der Waals surface area contributed by atoms with Gasteiger partial charge in [-0.3, -0.25) is 0 Å². The molecule has 0 heterocycles. The van der Waals surface area contributed by atoms with Gasteiger partial charge in [-0.2, -0.15) is 22.0 Å². The molecular formula is C9H7ClF5N. The Kier molecular flexibility index (Phi) is 3.44. The number of hydrogen-bond acceptors (Lipinski definition) is 1. The van der Waals surface area contributed by atoms with Crippen LogP contribution in [0.4, 0.5) is 22.0 Å². The summed E-state index contributed by atoms with van der Waals surface area (Å²) < 4.78 is 63.8. The van der Waals surface area contributed by atoms with E-state index in [1.54, 1.807) is 0 Å². The topological polar surface area (TPSA) is 26.0 Å². The predicted molar refractivity (Wildman–Crippen MR) is 49.4 cm³/mol. The van der Waals surface area contributed by atoms with Crippen molar-refractivity contribution >= 4 is 11.6 Å². The largest absolute Gasteiger partial charge is 0.416 e. The highest BCUT2D eigenvalue weighted by Crippen LogP contribution is 2.42. The maximum absolute atomic E-state index is 13.2. The van der Waals surface area contributed by atoms with Crippen LogP contribution in [0, 0.1) is 0 Å². The second kappa shape index (κ2) is 4.18. The predicted octanol–water partition coefficient (Wildman–Crippen LogP) is 3.41. The molecule has 1 aromatic carbocycles. The van der Waals surface area contributed by atoms with E-state index in [0.29, 0.717) is 6.07 Å². The minimum Gasteiger partial charge on any atom is -0.325 e. The SMILES string of the molecule is NCC(F)(F)c1c(Cl)cccc1C(F)(F)F. The van der Waals surface area contributed by atoms with Gasteiger partial charge in [0.2, 0.25) is 0 Å². The molecule has 0 saturated heterocycles. The standard InChI is InChI=1S/C9H7ClF5N/c10-6-3-1-2-5(9(13,14)15)7(6)8(11,12)4-16/h1-3H,4,16H2. The molecule has 1 nitrogen and oxygen atoms in total. The fourth-order valence-corrected chi connectivity index (χ4v) is 1.55. The molecule has 1 aromatic rings. The molecule has 0 aliphatic heterocycles. The van der Waals surface area contributed by atoms with Crippen LogP contribution in [-0.4, -0.2) is 6.54 Å². The number of benzene rings is 1. The fraction of sp³-hybridized carbons (Fsp3) is 0.333. The van der Waals surface area contributed by atoms with Crippen molar-refractivity contribution in [3.05, 3.63) is 34.3 Å². The van der Waals surface area contributed by atoms with Crippen molar-refractivity contribution < 1.29 is 22.0 Å². The summed E-state index contributed by atoms with van der Waals surface area (Å²) in [5.41, 5.74) is 2.01. The van der Waals surface area contributed by atoms with Gasteiger partial charge in [-0.1, -0.05) is 17.7 Å². The van der Waals surface area contributed by atoms with Crippen molar-refractivity contribution in [1.29, 1.82) is 0 Å². The van der Waals surface area contributed by atoms with E-state index in [1.807, 2.05) is 0 Å². The van der Waals surface area contributed by atoms with Crippen molar-refractivity contribution in [1.82, 2.24) is 0 Å². The lowest BCUT2D eigenvalue weighted by Crippen LogP contribution is -2.28. The zero-order chi connectivity index (χ0) is 12.6. The Morgan fingerprint density at radius 1 is 1.12 bits per heavy atom. The van der Waals surface area contributed by atoms with Gasteiger partial charge in [0, 0.05) is 0 Å². The highest BCUT2D eigenvalue weighted by Gasteiger charge is 2.43. The summed E-state index contributed by atoms with van der Waals surface area (Å²) in [6.07, 6.45) is -4.89. The quantitative estimate of drug-likeness (QED) is 0.810. The van der Waals surface area contributed by atoms with Gasteiger partial charge in [-0.25, -0.2) is 0 Å². The van der Waals surface area contributed by atoms with Gasteiger partial charge in [0.1, 0.15) is 0 Å². The minimum absolute atomic E-state index is 0.546. The molecule has 90 valence electrons. The molecule has 0 amide bonds. The van der Waals surface area contributed by atoms with Gasteiger partial charge in [0.05, 0.1) is 22.7 Å². The van der Waals surface area contributed by atoms with Gasteiger partial charge >= 0.3 is 6.18 Å². The number of alkyl halides is 5. The lowest BCUT2D eigenvalue weighted by molar-refractivity contribution is -0.141. The molecule has 7 heteroatoms. The fourth-order valence-electron chi connectivity index (χ4n) is 1.23. The van der Waals surface area contributed by atoms with Crippen molar-refractivity contribution in [2.45, 2.75) is 12.1 Å². The normalized spacial score (nSPS) is 12.9. The first-order valence-electron chi connectivity index (χ1n) is 4.14. The van der Waals surface area contributed by atoms with Gasteiger partial charge in [-0.05, 0) is 12.1 Å². The Morgan fingerprint density at radius 2 is 1.69 bits per heavy atom. The summed E-state index contributed by atoms with van der Waals surface area (Å²) in [6.45, 7) is -1.24. The first kappa shape index (κ1) is 13.2. The minimum atomic E-state index is -4.89. The van der Waals surface area contributed by atoms with Crippen LogP contribution in [0.15, 0.2) is 18.2 Å². The Labute approximate surface area is 93.0 Å². The lowest BCUT2D eigenvalue weighted by Gasteiger charge is -2.21. The molecule has 1 rings (SSSR count). The van der Waals surface area contributed by atoms with Crippen LogP contribution in [0.5, 0.6) is 0 Å². The van der Waals surface area contributed by atoms with Crippen LogP contribution < -0.4 is 5.73 Å². The Bertz CT molecular complexity index is 388. The molecule has 16 heavy (non-hydrogen) atoms. The summed E-state index contributed by atoms with van der Waals surface area (Å²) >= 11 is 5.36. The summed E-state index contributed by atoms with van der Waals surface area (Å²) in [5, 5.41) is -0.648. The second-order valence-corrected chi connectivity index (χ2v) is 3.48. The second-order valence-electron chi connectivity index (χ2n) is 3.07. The van der Waals surface area contributed by atoms with Crippen LogP contribution in [-0.2, 0) is 12.1 Å². The molecular weight excluding hydrogens is 253 g/mol. The van der Waals surface area contributed by atoms with E-state index in [2.05, 4.69) is 0 Å². The van der Waals surface area contributed by atoms with Crippen LogP contribution in [0.2, 0.25) is 5.02 Å². The zero-order valence-electron chi connectivity index (χ0n) is 7.78. The molecule has 0 aliphatic carbocycles. The highest BCUT2D eigenvalue weighted by molar-refractivity contribution is 6.31. The first-order valence-corrected chi connectivity index (χ1v) is 4.52. The zero-order valence-corrected chi connectivity index (χ0v) is 8.54. The van der Waals surface area contributed by atoms with Gasteiger partial charge in [0.25, 0.3) is 5.92 Å². The monoisotopic (exact) mass is 259 g/mol. The molecule has 0 aromatic heterocycles. The Balaban J connectivity index is 3.48. The Hall–Kier alpha value is -0.880. The molecule has 0 radical (unpaired) electrons. The highest BCUT2D eigenvalue weighted by atomic mass is 35.5. The van der Waals surface area contributed by atoms with E-state index >= 15 is 0 Å². The van der Waals surface area contributed by atoms with E-state index < -0.39 is 34.8 Å². The summed E-state index contributed by atoms with van der Waals surface area (Å²) in [4.78, 5) is 0. The van der Waals surface area contributed by atoms with Crippen LogP contribution in [0.25, 0.3) is 0 Å². The molecule has 0 fully saturated rings. The van der Waals surface area contributed by atoms with Gasteiger partial charge in [-0.15, -0.1) is 0 Å². The van der Waals surface area contributed by atoms with E-state index in [0.717, 1.165) is 12.1 Å². The van der Waals surface area contributed by atoms with E-state index in [-0.39, 0.29) is 0 Å². The number of rotatable bonds is 2. The first-order chi connectivity index (χ1) is 7.20. The maximum atomic E-state index is 13.2. The average Bonchev–Trinajstić information content (AvgIpc) is 2.15. The molecule has 0 spiro atoms. The molecule has 0 saturated carbocycles. The molecule has 0 aliphatic rings. The smallest absolute Gasteiger partial charge is 0.325 e. The average molecular weight is 260 g/mol. The van der Waals surface area contributed by atoms with Gasteiger partial charge < -0.3 is 5.73 Å². The van der Waals surface area contributed by atoms with Gasteiger partial charge in [0.15, 0.2) is 0 Å². The van der Waals surface area contributed by atoms with Crippen LogP contribution in [0.3, 0.4) is 0 Å².